The van der Waals surface area contributed by atoms with Crippen molar-refractivity contribution in [2.75, 3.05) is 0 Å². The number of phenols is 2. The van der Waals surface area contributed by atoms with Gasteiger partial charge in [0.25, 0.3) is 0 Å². The zero-order chi connectivity index (χ0) is 21.1. The number of aromatic hydroxyl groups is 2. The fourth-order valence-electron chi connectivity index (χ4n) is 3.57. The van der Waals surface area contributed by atoms with Gasteiger partial charge in [0.1, 0.15) is 5.75 Å². The van der Waals surface area contributed by atoms with Crippen molar-refractivity contribution in [3.8, 4) is 50.6 Å². The van der Waals surface area contributed by atoms with E-state index >= 15 is 0 Å². The van der Waals surface area contributed by atoms with Crippen molar-refractivity contribution in [3.63, 3.8) is 0 Å². The predicted molar refractivity (Wildman–Crippen MR) is 117 cm³/mol. The summed E-state index contributed by atoms with van der Waals surface area (Å²) in [5, 5.41) is 41.5. The van der Waals surface area contributed by atoms with E-state index in [4.69, 9.17) is 4.65 Å². The standard InChI is InChI=1S/C24H19BO5/c26-22-19(16-10-4-1-5-11-16)20(17-12-6-2-7-13-17)24(30-25(28)29)23(27)21(22)18-14-8-3-9-15-18/h1-15,26-29H. The number of hydrogen-bond acceptors (Lipinski definition) is 5. The maximum absolute atomic E-state index is 11.3. The molecule has 0 aromatic heterocycles. The molecule has 0 heterocycles. The molecular weight excluding hydrogens is 379 g/mol. The molecule has 0 unspecified atom stereocenters. The van der Waals surface area contributed by atoms with Gasteiger partial charge in [-0.05, 0) is 16.7 Å². The molecule has 4 aromatic rings. The first kappa shape index (κ1) is 19.6. The van der Waals surface area contributed by atoms with Crippen molar-refractivity contribution in [3.05, 3.63) is 91.0 Å². The first-order valence-electron chi connectivity index (χ1n) is 9.39. The number of rotatable bonds is 5. The Labute approximate surface area is 174 Å². The molecule has 0 saturated heterocycles. The highest BCUT2D eigenvalue weighted by Crippen LogP contribution is 2.55. The highest BCUT2D eigenvalue weighted by Gasteiger charge is 2.29. The molecule has 0 atom stereocenters. The van der Waals surface area contributed by atoms with Gasteiger partial charge in [0, 0.05) is 11.1 Å². The van der Waals surface area contributed by atoms with Crippen LogP contribution in [0.2, 0.25) is 0 Å². The molecule has 6 heteroatoms. The zero-order valence-corrected chi connectivity index (χ0v) is 15.9. The van der Waals surface area contributed by atoms with Crippen molar-refractivity contribution >= 4 is 7.32 Å². The monoisotopic (exact) mass is 398 g/mol. The lowest BCUT2D eigenvalue weighted by Gasteiger charge is -2.22. The molecule has 4 N–H and O–H groups in total. The van der Waals surface area contributed by atoms with E-state index in [1.807, 2.05) is 54.6 Å². The maximum atomic E-state index is 11.3. The van der Waals surface area contributed by atoms with Crippen LogP contribution in [0, 0.1) is 0 Å². The molecule has 0 amide bonds. The van der Waals surface area contributed by atoms with Gasteiger partial charge in [0.15, 0.2) is 11.5 Å². The Kier molecular flexibility index (Phi) is 5.43. The molecule has 148 valence electrons. The third-order valence-corrected chi connectivity index (χ3v) is 4.81. The maximum Gasteiger partial charge on any atom is 0.707 e. The molecule has 0 spiro atoms. The lowest BCUT2D eigenvalue weighted by atomic mass is 9.87. The molecule has 4 aromatic carbocycles. The van der Waals surface area contributed by atoms with Gasteiger partial charge in [-0.3, -0.25) is 0 Å². The molecule has 0 aliphatic rings. The molecule has 0 saturated carbocycles. The third kappa shape index (κ3) is 3.62. The second-order valence-corrected chi connectivity index (χ2v) is 6.69. The first-order chi connectivity index (χ1) is 14.6. The van der Waals surface area contributed by atoms with Crippen LogP contribution in [0.1, 0.15) is 0 Å². The summed E-state index contributed by atoms with van der Waals surface area (Å²) in [5.74, 6) is -0.652. The minimum absolute atomic E-state index is 0.133. The molecule has 0 aliphatic carbocycles. The van der Waals surface area contributed by atoms with Crippen LogP contribution in [0.15, 0.2) is 91.0 Å². The van der Waals surface area contributed by atoms with Gasteiger partial charge < -0.3 is 24.9 Å². The fraction of sp³-hybridized carbons (Fsp3) is 0. The largest absolute Gasteiger partial charge is 0.707 e. The number of hydrogen-bond donors (Lipinski definition) is 4. The normalized spacial score (nSPS) is 10.6. The average Bonchev–Trinajstić information content (AvgIpc) is 2.77. The van der Waals surface area contributed by atoms with Gasteiger partial charge in [-0.15, -0.1) is 0 Å². The van der Waals surface area contributed by atoms with Crippen LogP contribution < -0.4 is 4.65 Å². The zero-order valence-electron chi connectivity index (χ0n) is 15.9. The molecule has 30 heavy (non-hydrogen) atoms. The first-order valence-corrected chi connectivity index (χ1v) is 9.39. The second-order valence-electron chi connectivity index (χ2n) is 6.69. The van der Waals surface area contributed by atoms with E-state index in [1.54, 1.807) is 36.4 Å². The smallest absolute Gasteiger partial charge is 0.509 e. The van der Waals surface area contributed by atoms with Gasteiger partial charge in [-0.25, -0.2) is 0 Å². The number of phenolic OH excluding ortho intramolecular Hbond substituents is 2. The molecule has 0 fully saturated rings. The quantitative estimate of drug-likeness (QED) is 0.373. The summed E-state index contributed by atoms with van der Waals surface area (Å²) < 4.78 is 5.26. The summed E-state index contributed by atoms with van der Waals surface area (Å²) in [6, 6.07) is 27.1. The van der Waals surface area contributed by atoms with E-state index in [-0.39, 0.29) is 22.8 Å². The SMILES string of the molecule is OB(O)Oc1c(O)c(-c2ccccc2)c(O)c(-c2ccccc2)c1-c1ccccc1. The van der Waals surface area contributed by atoms with E-state index in [0.717, 1.165) is 0 Å². The van der Waals surface area contributed by atoms with Crippen molar-refractivity contribution in [1.82, 2.24) is 0 Å². The van der Waals surface area contributed by atoms with Crippen LogP contribution in [0.3, 0.4) is 0 Å². The second kappa shape index (κ2) is 8.33. The van der Waals surface area contributed by atoms with E-state index < -0.39 is 7.32 Å². The summed E-state index contributed by atoms with van der Waals surface area (Å²) in [4.78, 5) is 0. The number of benzene rings is 4. The molecule has 0 bridgehead atoms. The minimum atomic E-state index is -2.16. The van der Waals surface area contributed by atoms with Crippen molar-refractivity contribution in [1.29, 1.82) is 0 Å². The molecule has 0 radical (unpaired) electrons. The molecule has 0 aliphatic heterocycles. The highest BCUT2D eigenvalue weighted by atomic mass is 16.6. The summed E-state index contributed by atoms with van der Waals surface area (Å²) in [6.07, 6.45) is 0. The van der Waals surface area contributed by atoms with E-state index in [9.17, 15) is 20.3 Å². The lowest BCUT2D eigenvalue weighted by molar-refractivity contribution is 0.281. The minimum Gasteiger partial charge on any atom is -0.509 e. The summed E-state index contributed by atoms with van der Waals surface area (Å²) in [7, 11) is -2.16. The van der Waals surface area contributed by atoms with Gasteiger partial charge in [0.2, 0.25) is 0 Å². The van der Waals surface area contributed by atoms with Crippen LogP contribution in [0.4, 0.5) is 0 Å². The Hall–Kier alpha value is -3.74. The Bertz CT molecular complexity index is 1150. The Morgan fingerprint density at radius 1 is 0.500 bits per heavy atom. The van der Waals surface area contributed by atoms with Crippen LogP contribution in [0.25, 0.3) is 33.4 Å². The van der Waals surface area contributed by atoms with Gasteiger partial charge in [0.05, 0.1) is 5.56 Å². The van der Waals surface area contributed by atoms with Crippen LogP contribution in [-0.4, -0.2) is 27.6 Å². The summed E-state index contributed by atoms with van der Waals surface area (Å²) >= 11 is 0. The average molecular weight is 398 g/mol. The topological polar surface area (TPSA) is 90.2 Å². The van der Waals surface area contributed by atoms with Crippen LogP contribution >= 0.6 is 0 Å². The molecule has 5 nitrogen and oxygen atoms in total. The van der Waals surface area contributed by atoms with E-state index in [1.165, 1.54) is 0 Å². The van der Waals surface area contributed by atoms with Gasteiger partial charge in [-0.2, -0.15) is 0 Å². The molecular formula is C24H19BO5. The lowest BCUT2D eigenvalue weighted by Crippen LogP contribution is -2.21. The van der Waals surface area contributed by atoms with Crippen molar-refractivity contribution in [2.45, 2.75) is 0 Å². The predicted octanol–water partition coefficient (Wildman–Crippen LogP) is 4.45. The van der Waals surface area contributed by atoms with E-state index in [2.05, 4.69) is 0 Å². The Morgan fingerprint density at radius 3 is 1.33 bits per heavy atom. The van der Waals surface area contributed by atoms with E-state index in [0.29, 0.717) is 27.8 Å². The highest BCUT2D eigenvalue weighted by molar-refractivity contribution is 6.34. The molecule has 4 rings (SSSR count). The van der Waals surface area contributed by atoms with Gasteiger partial charge >= 0.3 is 7.32 Å². The Balaban J connectivity index is 2.15. The van der Waals surface area contributed by atoms with Crippen LogP contribution in [-0.2, 0) is 0 Å². The summed E-state index contributed by atoms with van der Waals surface area (Å²) in [6.45, 7) is 0. The Morgan fingerprint density at radius 2 is 0.900 bits per heavy atom. The summed E-state index contributed by atoms with van der Waals surface area (Å²) in [5.41, 5.74) is 2.78. The van der Waals surface area contributed by atoms with Gasteiger partial charge in [-0.1, -0.05) is 91.0 Å². The van der Waals surface area contributed by atoms with Crippen molar-refractivity contribution < 1.29 is 24.9 Å². The van der Waals surface area contributed by atoms with Crippen molar-refractivity contribution in [2.24, 2.45) is 0 Å². The fourth-order valence-corrected chi connectivity index (χ4v) is 3.57. The third-order valence-electron chi connectivity index (χ3n) is 4.81. The van der Waals surface area contributed by atoms with Crippen LogP contribution in [0.5, 0.6) is 17.2 Å².